The van der Waals surface area contributed by atoms with Crippen LogP contribution >= 0.6 is 0 Å². The Labute approximate surface area is 361 Å². The SMILES string of the molecule is c1ccc(-c2ccc3c4ccccc4n(-c4cccc5oc6ccc7c(c8cccc(-c9nc(-c%10ccccc%10)nc(-c%10ccccc%10)n9)c8n7-c7ccccc7)c6c45)c3c2)cc1. The summed E-state index contributed by atoms with van der Waals surface area (Å²) < 4.78 is 11.7. The maximum absolute atomic E-state index is 6.87. The van der Waals surface area contributed by atoms with E-state index in [1.807, 2.05) is 60.7 Å². The second-order valence-corrected chi connectivity index (χ2v) is 15.9. The third kappa shape index (κ3) is 5.48. The van der Waals surface area contributed by atoms with Crippen LogP contribution < -0.4 is 0 Å². The van der Waals surface area contributed by atoms with E-state index in [-0.39, 0.29) is 0 Å². The second kappa shape index (κ2) is 14.0. The summed E-state index contributed by atoms with van der Waals surface area (Å²) in [6.07, 6.45) is 0. The normalized spacial score (nSPS) is 11.8. The zero-order chi connectivity index (χ0) is 41.4. The Morgan fingerprint density at radius 1 is 0.333 bits per heavy atom. The predicted octanol–water partition coefficient (Wildman–Crippen LogP) is 14.6. The van der Waals surface area contributed by atoms with E-state index in [0.717, 1.165) is 82.8 Å². The first-order chi connectivity index (χ1) is 31.3. The lowest BCUT2D eigenvalue weighted by molar-refractivity contribution is 0.669. The lowest BCUT2D eigenvalue weighted by Crippen LogP contribution is -2.02. The monoisotopic (exact) mass is 805 g/mol. The predicted molar refractivity (Wildman–Crippen MR) is 258 cm³/mol. The average Bonchev–Trinajstić information content (AvgIpc) is 4.02. The standard InChI is InChI=1S/C57H35N5O/c1-5-17-36(18-6-1)39-31-32-42-41-25-13-14-28-45(41)62(48(42)35-39)46-29-16-30-49-52(46)53-50(63-49)34-33-47-51(53)43-26-15-27-44(54(43)61(47)40-23-11-4-12-24-40)57-59-55(37-19-7-2-8-20-37)58-56(60-57)38-21-9-3-10-22-38/h1-35H. The number of hydrogen-bond donors (Lipinski definition) is 0. The minimum Gasteiger partial charge on any atom is -0.456 e. The molecule has 0 aliphatic heterocycles. The van der Waals surface area contributed by atoms with Crippen molar-refractivity contribution < 1.29 is 4.42 Å². The highest BCUT2D eigenvalue weighted by molar-refractivity contribution is 6.30. The van der Waals surface area contributed by atoms with Gasteiger partial charge in [0.25, 0.3) is 0 Å². The van der Waals surface area contributed by atoms with Crippen LogP contribution in [-0.2, 0) is 0 Å². The van der Waals surface area contributed by atoms with Crippen LogP contribution in [0.15, 0.2) is 217 Å². The lowest BCUT2D eigenvalue weighted by atomic mass is 10.0. The molecule has 6 nitrogen and oxygen atoms in total. The molecule has 0 amide bonds. The molecule has 0 saturated heterocycles. The van der Waals surface area contributed by atoms with Crippen molar-refractivity contribution in [1.82, 2.24) is 24.1 Å². The highest BCUT2D eigenvalue weighted by atomic mass is 16.3. The van der Waals surface area contributed by atoms with E-state index in [1.165, 1.54) is 21.9 Å². The lowest BCUT2D eigenvalue weighted by Gasteiger charge is -2.12. The number of fused-ring (bicyclic) bond motifs is 10. The number of benzene rings is 9. The first-order valence-electron chi connectivity index (χ1n) is 21.2. The molecule has 0 bridgehead atoms. The number of rotatable bonds is 6. The summed E-state index contributed by atoms with van der Waals surface area (Å²) in [5, 5.41) is 6.70. The third-order valence-electron chi connectivity index (χ3n) is 12.4. The van der Waals surface area contributed by atoms with Gasteiger partial charge >= 0.3 is 0 Å². The topological polar surface area (TPSA) is 61.7 Å². The van der Waals surface area contributed by atoms with E-state index in [9.17, 15) is 0 Å². The van der Waals surface area contributed by atoms with Crippen molar-refractivity contribution in [1.29, 1.82) is 0 Å². The van der Waals surface area contributed by atoms with Crippen molar-refractivity contribution in [2.75, 3.05) is 0 Å². The highest BCUT2D eigenvalue weighted by Gasteiger charge is 2.25. The largest absolute Gasteiger partial charge is 0.456 e. The van der Waals surface area contributed by atoms with Gasteiger partial charge < -0.3 is 13.6 Å². The van der Waals surface area contributed by atoms with E-state index < -0.39 is 0 Å². The molecular formula is C57H35N5O. The second-order valence-electron chi connectivity index (χ2n) is 15.9. The molecule has 0 radical (unpaired) electrons. The highest BCUT2D eigenvalue weighted by Crippen LogP contribution is 2.46. The van der Waals surface area contributed by atoms with E-state index in [4.69, 9.17) is 19.4 Å². The Morgan fingerprint density at radius 2 is 0.921 bits per heavy atom. The smallest absolute Gasteiger partial charge is 0.166 e. The average molecular weight is 806 g/mol. The summed E-state index contributed by atoms with van der Waals surface area (Å²) in [5.41, 5.74) is 13.2. The summed E-state index contributed by atoms with van der Waals surface area (Å²) >= 11 is 0. The van der Waals surface area contributed by atoms with Gasteiger partial charge in [-0.05, 0) is 65.7 Å². The van der Waals surface area contributed by atoms with Gasteiger partial charge in [-0.2, -0.15) is 0 Å². The van der Waals surface area contributed by atoms with Gasteiger partial charge in [-0.25, -0.2) is 15.0 Å². The minimum absolute atomic E-state index is 0.599. The molecule has 294 valence electrons. The number of hydrogen-bond acceptors (Lipinski definition) is 4. The van der Waals surface area contributed by atoms with Gasteiger partial charge in [-0.15, -0.1) is 0 Å². The molecule has 4 aromatic heterocycles. The van der Waals surface area contributed by atoms with Crippen LogP contribution in [0, 0.1) is 0 Å². The van der Waals surface area contributed by atoms with Crippen molar-refractivity contribution in [2.24, 2.45) is 0 Å². The molecule has 6 heteroatoms. The van der Waals surface area contributed by atoms with Gasteiger partial charge in [-0.1, -0.05) is 158 Å². The Morgan fingerprint density at radius 3 is 1.65 bits per heavy atom. The summed E-state index contributed by atoms with van der Waals surface area (Å²) in [5.74, 6) is 1.84. The molecule has 0 spiro atoms. The summed E-state index contributed by atoms with van der Waals surface area (Å²) in [7, 11) is 0. The van der Waals surface area contributed by atoms with Crippen molar-refractivity contribution in [3.63, 3.8) is 0 Å². The van der Waals surface area contributed by atoms with Gasteiger partial charge in [0.2, 0.25) is 0 Å². The summed E-state index contributed by atoms with van der Waals surface area (Å²) in [6, 6.07) is 74.3. The van der Waals surface area contributed by atoms with Gasteiger partial charge in [0.05, 0.1) is 33.1 Å². The first kappa shape index (κ1) is 35.2. The van der Waals surface area contributed by atoms with Crippen LogP contribution in [0.5, 0.6) is 0 Å². The Bertz CT molecular complexity index is 3830. The number of aromatic nitrogens is 5. The van der Waals surface area contributed by atoms with E-state index in [1.54, 1.807) is 0 Å². The van der Waals surface area contributed by atoms with Gasteiger partial charge in [0, 0.05) is 49.3 Å². The van der Waals surface area contributed by atoms with Crippen LogP contribution in [0.1, 0.15) is 0 Å². The van der Waals surface area contributed by atoms with Crippen LogP contribution in [0.4, 0.5) is 0 Å². The summed E-state index contributed by atoms with van der Waals surface area (Å²) in [6.45, 7) is 0. The van der Waals surface area contributed by atoms with Crippen LogP contribution in [0.3, 0.4) is 0 Å². The molecule has 0 saturated carbocycles. The molecule has 63 heavy (non-hydrogen) atoms. The number of para-hydroxylation sites is 3. The maximum atomic E-state index is 6.87. The van der Waals surface area contributed by atoms with Crippen LogP contribution in [0.25, 0.3) is 122 Å². The Kier molecular flexibility index (Phi) is 7.80. The van der Waals surface area contributed by atoms with Crippen molar-refractivity contribution in [3.05, 3.63) is 212 Å². The van der Waals surface area contributed by atoms with Crippen molar-refractivity contribution in [2.45, 2.75) is 0 Å². The minimum atomic E-state index is 0.599. The molecular weight excluding hydrogens is 771 g/mol. The first-order valence-corrected chi connectivity index (χ1v) is 21.2. The van der Waals surface area contributed by atoms with Gasteiger partial charge in [-0.3, -0.25) is 0 Å². The zero-order valence-corrected chi connectivity index (χ0v) is 33.9. The van der Waals surface area contributed by atoms with E-state index >= 15 is 0 Å². The maximum Gasteiger partial charge on any atom is 0.166 e. The Balaban J connectivity index is 1.15. The number of furan rings is 1. The quantitative estimate of drug-likeness (QED) is 0.168. The van der Waals surface area contributed by atoms with E-state index in [0.29, 0.717) is 17.5 Å². The van der Waals surface area contributed by atoms with Gasteiger partial charge in [0.1, 0.15) is 11.2 Å². The molecule has 0 fully saturated rings. The third-order valence-corrected chi connectivity index (χ3v) is 12.4. The molecule has 0 N–H and O–H groups in total. The summed E-state index contributed by atoms with van der Waals surface area (Å²) in [4.78, 5) is 15.5. The van der Waals surface area contributed by atoms with Crippen molar-refractivity contribution >= 4 is 65.6 Å². The molecule has 4 heterocycles. The fourth-order valence-electron chi connectivity index (χ4n) is 9.63. The van der Waals surface area contributed by atoms with Crippen molar-refractivity contribution in [3.8, 4) is 56.7 Å². The van der Waals surface area contributed by atoms with Crippen LogP contribution in [0.2, 0.25) is 0 Å². The van der Waals surface area contributed by atoms with Gasteiger partial charge in [0.15, 0.2) is 17.5 Å². The molecule has 9 aromatic carbocycles. The molecule has 13 aromatic rings. The number of nitrogens with zero attached hydrogens (tertiary/aromatic N) is 5. The Hall–Kier alpha value is -8.61. The zero-order valence-electron chi connectivity index (χ0n) is 33.9. The van der Waals surface area contributed by atoms with E-state index in [2.05, 4.69) is 161 Å². The van der Waals surface area contributed by atoms with Crippen LogP contribution in [-0.4, -0.2) is 24.1 Å². The molecule has 0 aliphatic rings. The molecule has 0 unspecified atom stereocenters. The molecule has 0 aliphatic carbocycles. The fourth-order valence-corrected chi connectivity index (χ4v) is 9.63. The fraction of sp³-hybridized carbons (Fsp3) is 0. The molecule has 0 atom stereocenters. The molecule has 13 rings (SSSR count).